The Bertz CT molecular complexity index is 1150. The second-order valence-corrected chi connectivity index (χ2v) is 8.69. The van der Waals surface area contributed by atoms with Gasteiger partial charge in [0.25, 0.3) is 0 Å². The largest absolute Gasteiger partial charge is 0.492 e. The van der Waals surface area contributed by atoms with E-state index < -0.39 is 0 Å². The molecule has 184 valence electrons. The van der Waals surface area contributed by atoms with Gasteiger partial charge in [0, 0.05) is 43.5 Å². The van der Waals surface area contributed by atoms with E-state index in [4.69, 9.17) is 38.4 Å². The number of aromatic nitrogens is 2. The molecule has 0 amide bonds. The molecular weight excluding hydrogens is 484 g/mol. The molecule has 10 heteroatoms. The summed E-state index contributed by atoms with van der Waals surface area (Å²) < 4.78 is 12.8. The molecule has 0 atom stereocenters. The molecule has 1 aliphatic heterocycles. The number of rotatable bonds is 9. The predicted molar refractivity (Wildman–Crippen MR) is 144 cm³/mol. The second-order valence-electron chi connectivity index (χ2n) is 7.87. The van der Waals surface area contributed by atoms with E-state index in [-0.39, 0.29) is 0 Å². The Morgan fingerprint density at radius 2 is 2.03 bits per heavy atom. The van der Waals surface area contributed by atoms with Crippen LogP contribution >= 0.6 is 23.8 Å². The smallest absolute Gasteiger partial charge is 0.187 e. The van der Waals surface area contributed by atoms with Crippen LogP contribution < -0.4 is 15.5 Å². The van der Waals surface area contributed by atoms with Gasteiger partial charge in [-0.3, -0.25) is 10.3 Å². The maximum absolute atomic E-state index is 6.44. The third kappa shape index (κ3) is 7.02. The number of para-hydroxylation sites is 1. The van der Waals surface area contributed by atoms with Crippen LogP contribution in [-0.4, -0.2) is 72.0 Å². The number of hydrogen-bond acceptors (Lipinski definition) is 6. The summed E-state index contributed by atoms with van der Waals surface area (Å²) in [6, 6.07) is 15.6. The molecule has 0 saturated carbocycles. The number of nitrogens with zero attached hydrogens (tertiary/aromatic N) is 4. The Balaban J connectivity index is 1.46. The van der Waals surface area contributed by atoms with Crippen LogP contribution in [0.2, 0.25) is 5.02 Å². The number of halogens is 1. The van der Waals surface area contributed by atoms with E-state index in [1.165, 1.54) is 0 Å². The number of ether oxygens (including phenoxy) is 2. The zero-order valence-electron chi connectivity index (χ0n) is 19.6. The molecule has 0 spiro atoms. The first-order valence-corrected chi connectivity index (χ1v) is 12.4. The number of thiocarbonyl (C=S) groups is 1. The molecule has 4 rings (SSSR count). The van der Waals surface area contributed by atoms with Crippen LogP contribution in [0.4, 0.5) is 0 Å². The Hall–Kier alpha value is -2.98. The molecule has 0 bridgehead atoms. The van der Waals surface area contributed by atoms with Crippen molar-refractivity contribution in [2.75, 3.05) is 46.0 Å². The molecule has 1 saturated heterocycles. The van der Waals surface area contributed by atoms with E-state index in [0.29, 0.717) is 22.5 Å². The molecule has 0 unspecified atom stereocenters. The fourth-order valence-corrected chi connectivity index (χ4v) is 4.08. The lowest BCUT2D eigenvalue weighted by molar-refractivity contribution is 0.0389. The first-order chi connectivity index (χ1) is 17.1. The van der Waals surface area contributed by atoms with Gasteiger partial charge in [-0.1, -0.05) is 29.8 Å². The van der Waals surface area contributed by atoms with E-state index in [9.17, 15) is 0 Å². The van der Waals surface area contributed by atoms with Crippen molar-refractivity contribution < 1.29 is 9.47 Å². The van der Waals surface area contributed by atoms with E-state index in [2.05, 4.69) is 20.7 Å². The first-order valence-electron chi connectivity index (χ1n) is 11.6. The molecule has 35 heavy (non-hydrogen) atoms. The molecule has 1 aromatic heterocycles. The van der Waals surface area contributed by atoms with Gasteiger partial charge in [0.2, 0.25) is 0 Å². The van der Waals surface area contributed by atoms with Crippen LogP contribution in [0.15, 0.2) is 59.8 Å². The lowest BCUT2D eigenvalue weighted by Crippen LogP contribution is -2.42. The van der Waals surface area contributed by atoms with Crippen molar-refractivity contribution in [1.82, 2.24) is 25.4 Å². The average molecular weight is 513 g/mol. The Labute approximate surface area is 215 Å². The van der Waals surface area contributed by atoms with Crippen molar-refractivity contribution in [2.45, 2.75) is 6.92 Å². The maximum Gasteiger partial charge on any atom is 0.187 e. The number of benzene rings is 2. The van der Waals surface area contributed by atoms with Gasteiger partial charge in [-0.25, -0.2) is 4.68 Å². The van der Waals surface area contributed by atoms with Crippen LogP contribution in [0.25, 0.3) is 16.9 Å². The minimum absolute atomic E-state index is 0.468. The van der Waals surface area contributed by atoms with Gasteiger partial charge in [-0.05, 0) is 49.5 Å². The van der Waals surface area contributed by atoms with Crippen molar-refractivity contribution in [3.63, 3.8) is 0 Å². The lowest BCUT2D eigenvalue weighted by atomic mass is 10.1. The van der Waals surface area contributed by atoms with Crippen LogP contribution in [0, 0.1) is 0 Å². The summed E-state index contributed by atoms with van der Waals surface area (Å²) in [5.41, 5.74) is 6.27. The van der Waals surface area contributed by atoms with Crippen molar-refractivity contribution in [1.29, 1.82) is 0 Å². The normalized spacial score (nSPS) is 14.2. The quantitative estimate of drug-likeness (QED) is 0.257. The topological polar surface area (TPSA) is 75.9 Å². The van der Waals surface area contributed by atoms with Gasteiger partial charge in [0.05, 0.1) is 36.7 Å². The minimum Gasteiger partial charge on any atom is -0.492 e. The summed E-state index contributed by atoms with van der Waals surface area (Å²) >= 11 is 11.8. The first kappa shape index (κ1) is 25.1. The highest BCUT2D eigenvalue weighted by Crippen LogP contribution is 2.31. The predicted octanol–water partition coefficient (Wildman–Crippen LogP) is 3.72. The van der Waals surface area contributed by atoms with Crippen molar-refractivity contribution in [2.24, 2.45) is 5.10 Å². The summed E-state index contributed by atoms with van der Waals surface area (Å²) in [4.78, 5) is 2.34. The average Bonchev–Trinajstić information content (AvgIpc) is 3.31. The monoisotopic (exact) mass is 512 g/mol. The number of morpholine rings is 1. The van der Waals surface area contributed by atoms with E-state index in [1.807, 2.05) is 66.3 Å². The number of hydrazone groups is 1. The SMILES string of the molecule is CCOc1ccc(-c2nn(-c3ccccc3)cc2/C=N/NC(=S)NCCN2CCOCC2)cc1Cl. The zero-order valence-corrected chi connectivity index (χ0v) is 21.2. The van der Waals surface area contributed by atoms with Crippen LogP contribution in [0.5, 0.6) is 5.75 Å². The van der Waals surface area contributed by atoms with Gasteiger partial charge in [0.15, 0.2) is 5.11 Å². The lowest BCUT2D eigenvalue weighted by Gasteiger charge is -2.26. The number of hydrogen-bond donors (Lipinski definition) is 2. The summed E-state index contributed by atoms with van der Waals surface area (Å²) in [5, 5.41) is 13.3. The minimum atomic E-state index is 0.468. The Morgan fingerprint density at radius 1 is 1.23 bits per heavy atom. The highest BCUT2D eigenvalue weighted by molar-refractivity contribution is 7.80. The maximum atomic E-state index is 6.44. The fraction of sp³-hybridized carbons (Fsp3) is 0.320. The summed E-state index contributed by atoms with van der Waals surface area (Å²) in [6.07, 6.45) is 3.64. The van der Waals surface area contributed by atoms with Gasteiger partial charge >= 0.3 is 0 Å². The highest BCUT2D eigenvalue weighted by atomic mass is 35.5. The van der Waals surface area contributed by atoms with Gasteiger partial charge < -0.3 is 14.8 Å². The molecule has 2 heterocycles. The van der Waals surface area contributed by atoms with Crippen molar-refractivity contribution in [3.05, 3.63) is 65.3 Å². The van der Waals surface area contributed by atoms with Gasteiger partial charge in [0.1, 0.15) is 11.4 Å². The molecule has 2 aromatic carbocycles. The Morgan fingerprint density at radius 3 is 2.77 bits per heavy atom. The molecule has 1 fully saturated rings. The van der Waals surface area contributed by atoms with Crippen LogP contribution in [0.1, 0.15) is 12.5 Å². The molecular formula is C25H29ClN6O2S. The third-order valence-corrected chi connectivity index (χ3v) is 5.99. The zero-order chi connectivity index (χ0) is 24.5. The number of nitrogens with one attached hydrogen (secondary N) is 2. The molecule has 3 aromatic rings. The van der Waals surface area contributed by atoms with Gasteiger partial charge in [-0.2, -0.15) is 10.2 Å². The standard InChI is InChI=1S/C25H29ClN6O2S/c1-2-34-23-9-8-19(16-22(23)26)24-20(18-32(30-24)21-6-4-3-5-7-21)17-28-29-25(35)27-10-11-31-12-14-33-15-13-31/h3-9,16-18H,2,10-15H2,1H3,(H2,27,29,35)/b28-17+. The van der Waals surface area contributed by atoms with Crippen molar-refractivity contribution in [3.8, 4) is 22.7 Å². The molecule has 0 aliphatic carbocycles. The van der Waals surface area contributed by atoms with E-state index >= 15 is 0 Å². The van der Waals surface area contributed by atoms with Crippen LogP contribution in [-0.2, 0) is 4.74 Å². The van der Waals surface area contributed by atoms with Crippen LogP contribution in [0.3, 0.4) is 0 Å². The highest BCUT2D eigenvalue weighted by Gasteiger charge is 2.14. The second kappa shape index (κ2) is 12.6. The fourth-order valence-electron chi connectivity index (χ4n) is 3.69. The molecule has 0 radical (unpaired) electrons. The van der Waals surface area contributed by atoms with Crippen molar-refractivity contribution >= 4 is 35.1 Å². The summed E-state index contributed by atoms with van der Waals surface area (Å²) in [6.45, 7) is 7.58. The molecule has 2 N–H and O–H groups in total. The molecule has 1 aliphatic rings. The summed E-state index contributed by atoms with van der Waals surface area (Å²) in [5.74, 6) is 0.644. The Kier molecular flexibility index (Phi) is 9.08. The third-order valence-electron chi connectivity index (χ3n) is 5.46. The van der Waals surface area contributed by atoms with E-state index in [0.717, 1.165) is 61.9 Å². The van der Waals surface area contributed by atoms with E-state index in [1.54, 1.807) is 6.21 Å². The van der Waals surface area contributed by atoms with Gasteiger partial charge in [-0.15, -0.1) is 0 Å². The molecule has 8 nitrogen and oxygen atoms in total. The summed E-state index contributed by atoms with van der Waals surface area (Å²) in [7, 11) is 0.